The van der Waals surface area contributed by atoms with Gasteiger partial charge in [-0.15, -0.1) is 0 Å². The molecule has 0 bridgehead atoms. The summed E-state index contributed by atoms with van der Waals surface area (Å²) in [6, 6.07) is 12.7. The molecule has 0 unspecified atom stereocenters. The number of halogens is 1. The van der Waals surface area contributed by atoms with Gasteiger partial charge in [0.15, 0.2) is 0 Å². The monoisotopic (exact) mass is 333 g/mol. The zero-order valence-corrected chi connectivity index (χ0v) is 12.8. The quantitative estimate of drug-likeness (QED) is 0.900. The lowest BCUT2D eigenvalue weighted by Crippen LogP contribution is -2.26. The molecule has 0 spiro atoms. The van der Waals surface area contributed by atoms with Gasteiger partial charge in [0, 0.05) is 16.6 Å². The molecular formula is C16H16BrNO2. The van der Waals surface area contributed by atoms with Crippen molar-refractivity contribution in [2.75, 3.05) is 6.54 Å². The Morgan fingerprint density at radius 3 is 2.60 bits per heavy atom. The highest BCUT2D eigenvalue weighted by Crippen LogP contribution is 2.16. The number of nitrogens with one attached hydrogen (secondary N) is 1. The molecule has 4 heteroatoms. The van der Waals surface area contributed by atoms with Gasteiger partial charge in [-0.2, -0.15) is 0 Å². The Kier molecular flexibility index (Phi) is 4.79. The Morgan fingerprint density at radius 2 is 1.90 bits per heavy atom. The van der Waals surface area contributed by atoms with Crippen molar-refractivity contribution in [1.82, 2.24) is 5.32 Å². The Labute approximate surface area is 126 Å². The summed E-state index contributed by atoms with van der Waals surface area (Å²) in [6.07, 6.45) is 0.735. The fraction of sp³-hybridized carbons (Fsp3) is 0.188. The van der Waals surface area contributed by atoms with E-state index < -0.39 is 0 Å². The van der Waals surface area contributed by atoms with Crippen LogP contribution in [0.1, 0.15) is 21.5 Å². The van der Waals surface area contributed by atoms with Gasteiger partial charge in [0.1, 0.15) is 5.75 Å². The molecule has 0 heterocycles. The van der Waals surface area contributed by atoms with Gasteiger partial charge in [-0.1, -0.05) is 34.1 Å². The normalized spacial score (nSPS) is 10.3. The van der Waals surface area contributed by atoms with Crippen LogP contribution in [-0.4, -0.2) is 17.6 Å². The number of hydrogen-bond acceptors (Lipinski definition) is 2. The smallest absolute Gasteiger partial charge is 0.251 e. The minimum atomic E-state index is -0.0671. The number of aromatic hydroxyl groups is 1. The van der Waals surface area contributed by atoms with Crippen LogP contribution >= 0.6 is 15.9 Å². The van der Waals surface area contributed by atoms with E-state index in [0.29, 0.717) is 12.1 Å². The van der Waals surface area contributed by atoms with E-state index in [1.54, 1.807) is 12.1 Å². The second kappa shape index (κ2) is 6.57. The molecule has 0 aliphatic heterocycles. The van der Waals surface area contributed by atoms with Crippen LogP contribution in [0.4, 0.5) is 0 Å². The predicted molar refractivity (Wildman–Crippen MR) is 83.0 cm³/mol. The van der Waals surface area contributed by atoms with E-state index in [-0.39, 0.29) is 11.7 Å². The van der Waals surface area contributed by atoms with Crippen LogP contribution in [0.5, 0.6) is 5.75 Å². The zero-order valence-electron chi connectivity index (χ0n) is 11.2. The van der Waals surface area contributed by atoms with Gasteiger partial charge in [0.05, 0.1) is 0 Å². The second-order valence-electron chi connectivity index (χ2n) is 4.63. The highest BCUT2D eigenvalue weighted by atomic mass is 79.9. The van der Waals surface area contributed by atoms with Gasteiger partial charge in [-0.25, -0.2) is 0 Å². The van der Waals surface area contributed by atoms with Crippen molar-refractivity contribution in [3.63, 3.8) is 0 Å². The van der Waals surface area contributed by atoms with E-state index in [0.717, 1.165) is 22.0 Å². The summed E-state index contributed by atoms with van der Waals surface area (Å²) in [7, 11) is 0. The van der Waals surface area contributed by atoms with E-state index in [2.05, 4.69) is 21.2 Å². The topological polar surface area (TPSA) is 49.3 Å². The summed E-state index contributed by atoms with van der Waals surface area (Å²) in [6.45, 7) is 2.48. The minimum absolute atomic E-state index is 0.0671. The number of phenolic OH excluding ortho intramolecular Hbond substituents is 1. The van der Waals surface area contributed by atoms with Crippen LogP contribution in [0, 0.1) is 6.92 Å². The molecule has 20 heavy (non-hydrogen) atoms. The molecule has 0 saturated heterocycles. The van der Waals surface area contributed by atoms with Crippen LogP contribution in [0.15, 0.2) is 46.9 Å². The van der Waals surface area contributed by atoms with Crippen molar-refractivity contribution in [3.05, 3.63) is 63.6 Å². The Balaban J connectivity index is 1.92. The Hall–Kier alpha value is -1.81. The molecule has 0 atom stereocenters. The van der Waals surface area contributed by atoms with E-state index in [9.17, 15) is 9.90 Å². The number of aryl methyl sites for hydroxylation is 1. The third-order valence-corrected chi connectivity index (χ3v) is 3.57. The lowest BCUT2D eigenvalue weighted by molar-refractivity contribution is 0.0953. The summed E-state index contributed by atoms with van der Waals surface area (Å²) >= 11 is 3.37. The van der Waals surface area contributed by atoms with Gasteiger partial charge in [0.2, 0.25) is 0 Å². The molecule has 2 rings (SSSR count). The largest absolute Gasteiger partial charge is 0.508 e. The highest BCUT2D eigenvalue weighted by Gasteiger charge is 2.08. The van der Waals surface area contributed by atoms with Gasteiger partial charge in [0.25, 0.3) is 5.91 Å². The predicted octanol–water partition coefficient (Wildman–Crippen LogP) is 3.44. The molecule has 0 fully saturated rings. The first-order valence-corrected chi connectivity index (χ1v) is 7.18. The molecule has 0 saturated carbocycles. The standard InChI is InChI=1S/C16H16BrNO2/c1-11-2-5-13(17)10-15(11)16(20)18-9-8-12-3-6-14(19)7-4-12/h2-7,10,19H,8-9H2,1H3,(H,18,20). The lowest BCUT2D eigenvalue weighted by atomic mass is 10.1. The average Bonchev–Trinajstić information content (AvgIpc) is 2.43. The number of carbonyl (C=O) groups excluding carboxylic acids is 1. The number of phenols is 1. The fourth-order valence-corrected chi connectivity index (χ4v) is 2.28. The van der Waals surface area contributed by atoms with Crippen molar-refractivity contribution >= 4 is 21.8 Å². The molecule has 2 aromatic carbocycles. The highest BCUT2D eigenvalue weighted by molar-refractivity contribution is 9.10. The molecule has 0 aromatic heterocycles. The van der Waals surface area contributed by atoms with E-state index in [1.165, 1.54) is 0 Å². The average molecular weight is 334 g/mol. The number of hydrogen-bond donors (Lipinski definition) is 2. The SMILES string of the molecule is Cc1ccc(Br)cc1C(=O)NCCc1ccc(O)cc1. The molecule has 3 nitrogen and oxygen atoms in total. The van der Waals surface area contributed by atoms with Gasteiger partial charge < -0.3 is 10.4 Å². The Morgan fingerprint density at radius 1 is 1.20 bits per heavy atom. The summed E-state index contributed by atoms with van der Waals surface area (Å²) in [5.74, 6) is 0.185. The van der Waals surface area contributed by atoms with Crippen LogP contribution in [0.25, 0.3) is 0 Å². The maximum Gasteiger partial charge on any atom is 0.251 e. The number of amides is 1. The zero-order chi connectivity index (χ0) is 14.5. The number of benzene rings is 2. The van der Waals surface area contributed by atoms with Crippen LogP contribution in [-0.2, 0) is 6.42 Å². The Bertz CT molecular complexity index is 608. The summed E-state index contributed by atoms with van der Waals surface area (Å²) < 4.78 is 0.895. The second-order valence-corrected chi connectivity index (χ2v) is 5.55. The van der Waals surface area contributed by atoms with Crippen molar-refractivity contribution in [2.45, 2.75) is 13.3 Å². The third kappa shape index (κ3) is 3.84. The van der Waals surface area contributed by atoms with Crippen molar-refractivity contribution in [3.8, 4) is 5.75 Å². The van der Waals surface area contributed by atoms with Crippen molar-refractivity contribution in [2.24, 2.45) is 0 Å². The number of carbonyl (C=O) groups is 1. The first-order chi connectivity index (χ1) is 9.56. The first kappa shape index (κ1) is 14.6. The maximum atomic E-state index is 12.1. The van der Waals surface area contributed by atoms with Crippen LogP contribution in [0.2, 0.25) is 0 Å². The maximum absolute atomic E-state index is 12.1. The molecule has 104 valence electrons. The van der Waals surface area contributed by atoms with E-state index in [4.69, 9.17) is 0 Å². The third-order valence-electron chi connectivity index (χ3n) is 3.08. The summed E-state index contributed by atoms with van der Waals surface area (Å²) in [5.41, 5.74) is 2.72. The molecule has 2 aromatic rings. The number of rotatable bonds is 4. The molecule has 0 aliphatic carbocycles. The molecular weight excluding hydrogens is 318 g/mol. The van der Waals surface area contributed by atoms with Crippen LogP contribution < -0.4 is 5.32 Å². The van der Waals surface area contributed by atoms with Crippen molar-refractivity contribution in [1.29, 1.82) is 0 Å². The molecule has 2 N–H and O–H groups in total. The minimum Gasteiger partial charge on any atom is -0.508 e. The van der Waals surface area contributed by atoms with Gasteiger partial charge in [-0.05, 0) is 48.7 Å². The molecule has 0 radical (unpaired) electrons. The van der Waals surface area contributed by atoms with E-state index >= 15 is 0 Å². The van der Waals surface area contributed by atoms with Crippen LogP contribution in [0.3, 0.4) is 0 Å². The summed E-state index contributed by atoms with van der Waals surface area (Å²) in [4.78, 5) is 12.1. The van der Waals surface area contributed by atoms with Gasteiger partial charge >= 0.3 is 0 Å². The van der Waals surface area contributed by atoms with Crippen molar-refractivity contribution < 1.29 is 9.90 Å². The van der Waals surface area contributed by atoms with Gasteiger partial charge in [-0.3, -0.25) is 4.79 Å². The molecule has 1 amide bonds. The molecule has 0 aliphatic rings. The fourth-order valence-electron chi connectivity index (χ4n) is 1.92. The lowest BCUT2D eigenvalue weighted by Gasteiger charge is -2.08. The first-order valence-electron chi connectivity index (χ1n) is 6.38. The summed E-state index contributed by atoms with van der Waals surface area (Å²) in [5, 5.41) is 12.1. The van der Waals surface area contributed by atoms with E-state index in [1.807, 2.05) is 37.3 Å².